The Hall–Kier alpha value is -0.470. The van der Waals surface area contributed by atoms with Crippen molar-refractivity contribution < 1.29 is 0 Å². The van der Waals surface area contributed by atoms with E-state index in [1.165, 1.54) is 16.9 Å². The predicted molar refractivity (Wildman–Crippen MR) is 67.2 cm³/mol. The van der Waals surface area contributed by atoms with Crippen molar-refractivity contribution >= 4 is 11.8 Å². The van der Waals surface area contributed by atoms with Crippen LogP contribution in [0.5, 0.6) is 0 Å². The molecule has 2 heteroatoms. The summed E-state index contributed by atoms with van der Waals surface area (Å²) in [5.74, 6) is 0. The molecule has 1 aliphatic carbocycles. The molecule has 0 radical (unpaired) electrons. The molecule has 2 rings (SSSR count). The monoisotopic (exact) mass is 221 g/mol. The van der Waals surface area contributed by atoms with Gasteiger partial charge in [-0.3, -0.25) is 0 Å². The lowest BCUT2D eigenvalue weighted by molar-refractivity contribution is 0.542. The average Bonchev–Trinajstić information content (AvgIpc) is 2.84. The van der Waals surface area contributed by atoms with Crippen LogP contribution in [-0.2, 0) is 6.54 Å². The fourth-order valence-corrected chi connectivity index (χ4v) is 2.21. The minimum Gasteiger partial charge on any atom is -0.309 e. The number of rotatable bonds is 4. The zero-order valence-corrected chi connectivity index (χ0v) is 10.5. The Morgan fingerprint density at radius 3 is 2.40 bits per heavy atom. The maximum Gasteiger partial charge on any atom is 0.0208 e. The fraction of sp³-hybridized carbons (Fsp3) is 0.538. The molecule has 1 fully saturated rings. The zero-order valence-electron chi connectivity index (χ0n) is 9.71. The quantitative estimate of drug-likeness (QED) is 0.783. The van der Waals surface area contributed by atoms with Gasteiger partial charge in [0.15, 0.2) is 0 Å². The van der Waals surface area contributed by atoms with E-state index in [1.54, 1.807) is 11.8 Å². The second kappa shape index (κ2) is 4.18. The summed E-state index contributed by atoms with van der Waals surface area (Å²) in [5, 5.41) is 3.59. The van der Waals surface area contributed by atoms with Gasteiger partial charge < -0.3 is 5.32 Å². The van der Waals surface area contributed by atoms with Gasteiger partial charge in [-0.05, 0) is 35.8 Å². The number of hydrogen-bond acceptors (Lipinski definition) is 2. The minimum absolute atomic E-state index is 0.527. The van der Waals surface area contributed by atoms with Crippen LogP contribution < -0.4 is 5.32 Å². The van der Waals surface area contributed by atoms with E-state index >= 15 is 0 Å². The molecular weight excluding hydrogens is 202 g/mol. The minimum atomic E-state index is 0.527. The SMILES string of the molecule is CSc1ccc(CNC2CC2(C)C)cc1. The van der Waals surface area contributed by atoms with E-state index in [1.807, 2.05) is 0 Å². The van der Waals surface area contributed by atoms with Gasteiger partial charge in [-0.25, -0.2) is 0 Å². The summed E-state index contributed by atoms with van der Waals surface area (Å²) >= 11 is 1.79. The normalized spacial score (nSPS) is 22.7. The highest BCUT2D eigenvalue weighted by atomic mass is 32.2. The average molecular weight is 221 g/mol. The maximum atomic E-state index is 3.59. The smallest absolute Gasteiger partial charge is 0.0208 e. The first-order chi connectivity index (χ1) is 7.12. The van der Waals surface area contributed by atoms with Crippen molar-refractivity contribution in [2.75, 3.05) is 6.26 Å². The first-order valence-corrected chi connectivity index (χ1v) is 6.70. The van der Waals surface area contributed by atoms with Gasteiger partial charge in [-0.15, -0.1) is 11.8 Å². The Balaban J connectivity index is 1.84. The fourth-order valence-electron chi connectivity index (χ4n) is 1.80. The van der Waals surface area contributed by atoms with E-state index in [9.17, 15) is 0 Å². The van der Waals surface area contributed by atoms with E-state index in [4.69, 9.17) is 0 Å². The zero-order chi connectivity index (χ0) is 10.9. The molecule has 1 unspecified atom stereocenters. The molecule has 1 aromatic rings. The standard InChI is InChI=1S/C13H19NS/c1-13(2)8-12(13)14-9-10-4-6-11(15-3)7-5-10/h4-7,12,14H,8-9H2,1-3H3. The molecule has 0 aliphatic heterocycles. The number of thioether (sulfide) groups is 1. The van der Waals surface area contributed by atoms with Crippen molar-refractivity contribution in [1.29, 1.82) is 0 Å². The molecule has 1 atom stereocenters. The number of benzene rings is 1. The maximum absolute atomic E-state index is 3.59. The van der Waals surface area contributed by atoms with E-state index in [-0.39, 0.29) is 0 Å². The van der Waals surface area contributed by atoms with Crippen LogP contribution in [0.2, 0.25) is 0 Å². The lowest BCUT2D eigenvalue weighted by Gasteiger charge is -2.07. The second-order valence-corrected chi connectivity index (χ2v) is 5.85. The highest BCUT2D eigenvalue weighted by molar-refractivity contribution is 7.98. The third kappa shape index (κ3) is 2.76. The van der Waals surface area contributed by atoms with Crippen molar-refractivity contribution in [3.63, 3.8) is 0 Å². The highest BCUT2D eigenvalue weighted by Crippen LogP contribution is 2.44. The van der Waals surface area contributed by atoms with Gasteiger partial charge in [-0.1, -0.05) is 26.0 Å². The molecule has 0 bridgehead atoms. The molecule has 1 nitrogen and oxygen atoms in total. The van der Waals surface area contributed by atoms with Crippen LogP contribution in [-0.4, -0.2) is 12.3 Å². The Labute approximate surface area is 96.7 Å². The predicted octanol–water partition coefficient (Wildman–Crippen LogP) is 3.30. The third-order valence-electron chi connectivity index (χ3n) is 3.23. The third-order valence-corrected chi connectivity index (χ3v) is 3.97. The molecule has 1 aromatic carbocycles. The van der Waals surface area contributed by atoms with E-state index in [2.05, 4.69) is 49.7 Å². The van der Waals surface area contributed by atoms with Gasteiger partial charge in [-0.2, -0.15) is 0 Å². The van der Waals surface area contributed by atoms with Crippen LogP contribution in [0.15, 0.2) is 29.2 Å². The molecular formula is C13H19NS. The Bertz CT molecular complexity index is 329. The van der Waals surface area contributed by atoms with Gasteiger partial charge in [0.1, 0.15) is 0 Å². The molecule has 1 saturated carbocycles. The summed E-state index contributed by atoms with van der Waals surface area (Å²) < 4.78 is 0. The Kier molecular flexibility index (Phi) is 3.08. The number of hydrogen-bond donors (Lipinski definition) is 1. The van der Waals surface area contributed by atoms with E-state index in [0.717, 1.165) is 12.6 Å². The van der Waals surface area contributed by atoms with Gasteiger partial charge in [0.2, 0.25) is 0 Å². The van der Waals surface area contributed by atoms with Crippen LogP contribution in [0.1, 0.15) is 25.8 Å². The van der Waals surface area contributed by atoms with Crippen LogP contribution in [0.4, 0.5) is 0 Å². The highest BCUT2D eigenvalue weighted by Gasteiger charge is 2.44. The summed E-state index contributed by atoms with van der Waals surface area (Å²) in [6, 6.07) is 9.54. The summed E-state index contributed by atoms with van der Waals surface area (Å²) in [7, 11) is 0. The lowest BCUT2D eigenvalue weighted by atomic mass is 10.2. The van der Waals surface area contributed by atoms with Crippen molar-refractivity contribution in [2.45, 2.75) is 37.8 Å². The van der Waals surface area contributed by atoms with Crippen LogP contribution >= 0.6 is 11.8 Å². The molecule has 15 heavy (non-hydrogen) atoms. The summed E-state index contributed by atoms with van der Waals surface area (Å²) in [6.45, 7) is 5.64. The van der Waals surface area contributed by atoms with Crippen LogP contribution in [0.3, 0.4) is 0 Å². The topological polar surface area (TPSA) is 12.0 Å². The lowest BCUT2D eigenvalue weighted by Crippen LogP contribution is -2.19. The largest absolute Gasteiger partial charge is 0.309 e. The summed E-state index contributed by atoms with van der Waals surface area (Å²) in [5.41, 5.74) is 1.91. The van der Waals surface area contributed by atoms with Crippen molar-refractivity contribution in [3.8, 4) is 0 Å². The van der Waals surface area contributed by atoms with E-state index in [0.29, 0.717) is 5.41 Å². The second-order valence-electron chi connectivity index (χ2n) is 4.97. The van der Waals surface area contributed by atoms with Gasteiger partial charge in [0.25, 0.3) is 0 Å². The van der Waals surface area contributed by atoms with E-state index < -0.39 is 0 Å². The molecule has 0 heterocycles. The molecule has 82 valence electrons. The Morgan fingerprint density at radius 2 is 1.93 bits per heavy atom. The summed E-state index contributed by atoms with van der Waals surface area (Å²) in [6.07, 6.45) is 3.43. The van der Waals surface area contributed by atoms with Gasteiger partial charge in [0, 0.05) is 17.5 Å². The molecule has 0 spiro atoms. The Morgan fingerprint density at radius 1 is 1.33 bits per heavy atom. The van der Waals surface area contributed by atoms with Crippen molar-refractivity contribution in [1.82, 2.24) is 5.32 Å². The van der Waals surface area contributed by atoms with Gasteiger partial charge >= 0.3 is 0 Å². The molecule has 1 N–H and O–H groups in total. The van der Waals surface area contributed by atoms with Crippen LogP contribution in [0, 0.1) is 5.41 Å². The molecule has 0 aromatic heterocycles. The molecule has 1 aliphatic rings. The van der Waals surface area contributed by atoms with Crippen molar-refractivity contribution in [3.05, 3.63) is 29.8 Å². The number of nitrogens with one attached hydrogen (secondary N) is 1. The van der Waals surface area contributed by atoms with Gasteiger partial charge in [0.05, 0.1) is 0 Å². The summed E-state index contributed by atoms with van der Waals surface area (Å²) in [4.78, 5) is 1.34. The van der Waals surface area contributed by atoms with Crippen LogP contribution in [0.25, 0.3) is 0 Å². The molecule has 0 amide bonds. The van der Waals surface area contributed by atoms with Crippen molar-refractivity contribution in [2.24, 2.45) is 5.41 Å². The first-order valence-electron chi connectivity index (χ1n) is 5.48. The first kappa shape index (κ1) is 11.0. The molecule has 0 saturated heterocycles.